The molecular formula is C19H28N6O2. The SMILES string of the molecule is Cc1nc(C2CCCN(C(=O)Nc3c(C)nn(C(C)C)c3C)C2)cc(=O)[nH]1. The van der Waals surface area contributed by atoms with Crippen LogP contribution in [0.5, 0.6) is 0 Å². The van der Waals surface area contributed by atoms with Gasteiger partial charge in [-0.05, 0) is 47.5 Å². The van der Waals surface area contributed by atoms with Crippen molar-refractivity contribution in [3.05, 3.63) is 39.3 Å². The standard InChI is InChI=1S/C19H28N6O2/c1-11(2)25-13(4)18(12(3)23-25)22-19(27)24-8-6-7-15(10-24)16-9-17(26)21-14(5)20-16/h9,11,15H,6-8,10H2,1-5H3,(H,22,27)(H,20,21,26). The van der Waals surface area contributed by atoms with Crippen LogP contribution in [0.25, 0.3) is 0 Å². The molecule has 0 aromatic carbocycles. The highest BCUT2D eigenvalue weighted by molar-refractivity contribution is 5.90. The van der Waals surface area contributed by atoms with Crippen LogP contribution in [-0.2, 0) is 0 Å². The van der Waals surface area contributed by atoms with Crippen LogP contribution < -0.4 is 10.9 Å². The summed E-state index contributed by atoms with van der Waals surface area (Å²) >= 11 is 0. The molecule has 2 amide bonds. The summed E-state index contributed by atoms with van der Waals surface area (Å²) in [4.78, 5) is 33.5. The first-order valence-electron chi connectivity index (χ1n) is 9.45. The molecule has 0 saturated carbocycles. The predicted molar refractivity (Wildman–Crippen MR) is 104 cm³/mol. The maximum atomic E-state index is 12.9. The molecule has 3 rings (SSSR count). The number of carbonyl (C=O) groups excluding carboxylic acids is 1. The molecule has 1 aliphatic rings. The van der Waals surface area contributed by atoms with Gasteiger partial charge in [0, 0.05) is 31.1 Å². The summed E-state index contributed by atoms with van der Waals surface area (Å²) < 4.78 is 1.92. The number of likely N-dealkylation sites (tertiary alicyclic amines) is 1. The van der Waals surface area contributed by atoms with Gasteiger partial charge in [0.15, 0.2) is 0 Å². The molecule has 2 N–H and O–H groups in total. The number of urea groups is 1. The molecule has 1 unspecified atom stereocenters. The van der Waals surface area contributed by atoms with Gasteiger partial charge >= 0.3 is 6.03 Å². The summed E-state index contributed by atoms with van der Waals surface area (Å²) in [5.41, 5.74) is 3.16. The Morgan fingerprint density at radius 1 is 1.33 bits per heavy atom. The fourth-order valence-corrected chi connectivity index (χ4v) is 3.75. The van der Waals surface area contributed by atoms with Crippen molar-refractivity contribution < 1.29 is 4.79 Å². The number of piperidine rings is 1. The van der Waals surface area contributed by atoms with E-state index in [1.54, 1.807) is 17.9 Å². The third-order valence-corrected chi connectivity index (χ3v) is 5.05. The van der Waals surface area contributed by atoms with E-state index in [-0.39, 0.29) is 23.6 Å². The van der Waals surface area contributed by atoms with E-state index in [4.69, 9.17) is 0 Å². The summed E-state index contributed by atoms with van der Waals surface area (Å²) in [7, 11) is 0. The highest BCUT2D eigenvalue weighted by Gasteiger charge is 2.27. The molecule has 27 heavy (non-hydrogen) atoms. The average Bonchev–Trinajstić information content (AvgIpc) is 2.89. The monoisotopic (exact) mass is 372 g/mol. The average molecular weight is 372 g/mol. The summed E-state index contributed by atoms with van der Waals surface area (Å²) in [6.45, 7) is 11.0. The van der Waals surface area contributed by atoms with Crippen molar-refractivity contribution in [1.29, 1.82) is 0 Å². The van der Waals surface area contributed by atoms with Gasteiger partial charge in [-0.2, -0.15) is 5.10 Å². The third-order valence-electron chi connectivity index (χ3n) is 5.05. The Morgan fingerprint density at radius 3 is 2.70 bits per heavy atom. The highest BCUT2D eigenvalue weighted by atomic mass is 16.2. The second kappa shape index (κ2) is 7.54. The number of aromatic nitrogens is 4. The van der Waals surface area contributed by atoms with Crippen molar-refractivity contribution in [1.82, 2.24) is 24.6 Å². The number of nitrogens with one attached hydrogen (secondary N) is 2. The molecule has 1 fully saturated rings. The summed E-state index contributed by atoms with van der Waals surface area (Å²) in [6, 6.07) is 1.65. The van der Waals surface area contributed by atoms with Gasteiger partial charge in [-0.3, -0.25) is 9.48 Å². The maximum absolute atomic E-state index is 12.9. The Hall–Kier alpha value is -2.64. The molecule has 1 atom stereocenters. The van der Waals surface area contributed by atoms with Crippen LogP contribution in [0.1, 0.15) is 61.6 Å². The van der Waals surface area contributed by atoms with Crippen molar-refractivity contribution in [2.24, 2.45) is 0 Å². The Labute approximate surface area is 159 Å². The molecule has 0 aliphatic carbocycles. The number of hydrogen-bond acceptors (Lipinski definition) is 4. The smallest absolute Gasteiger partial charge is 0.321 e. The summed E-state index contributed by atoms with van der Waals surface area (Å²) in [6.07, 6.45) is 1.80. The summed E-state index contributed by atoms with van der Waals surface area (Å²) in [5, 5.41) is 7.56. The van der Waals surface area contributed by atoms with E-state index in [2.05, 4.69) is 34.2 Å². The zero-order valence-corrected chi connectivity index (χ0v) is 16.7. The van der Waals surface area contributed by atoms with Gasteiger partial charge in [-0.25, -0.2) is 9.78 Å². The van der Waals surface area contributed by atoms with E-state index >= 15 is 0 Å². The van der Waals surface area contributed by atoms with Crippen LogP contribution in [0.15, 0.2) is 10.9 Å². The van der Waals surface area contributed by atoms with E-state index in [1.807, 2.05) is 18.5 Å². The minimum Gasteiger partial charge on any atom is -0.324 e. The Balaban J connectivity index is 1.75. The quantitative estimate of drug-likeness (QED) is 0.866. The number of hydrogen-bond donors (Lipinski definition) is 2. The molecule has 8 heteroatoms. The van der Waals surface area contributed by atoms with Gasteiger partial charge in [0.2, 0.25) is 0 Å². The first-order valence-corrected chi connectivity index (χ1v) is 9.45. The minimum absolute atomic E-state index is 0.0751. The van der Waals surface area contributed by atoms with E-state index in [0.717, 1.165) is 35.6 Å². The van der Waals surface area contributed by atoms with Crippen LogP contribution in [0.4, 0.5) is 10.5 Å². The van der Waals surface area contributed by atoms with Gasteiger partial charge in [0.05, 0.1) is 22.8 Å². The lowest BCUT2D eigenvalue weighted by Crippen LogP contribution is -2.42. The maximum Gasteiger partial charge on any atom is 0.321 e. The molecule has 1 saturated heterocycles. The molecule has 3 heterocycles. The van der Waals surface area contributed by atoms with Crippen LogP contribution in [0.2, 0.25) is 0 Å². The molecular weight excluding hydrogens is 344 g/mol. The lowest BCUT2D eigenvalue weighted by Gasteiger charge is -2.32. The third kappa shape index (κ3) is 4.04. The van der Waals surface area contributed by atoms with Crippen molar-refractivity contribution in [2.45, 2.75) is 59.4 Å². The fourth-order valence-electron chi connectivity index (χ4n) is 3.75. The van der Waals surface area contributed by atoms with Crippen molar-refractivity contribution in [2.75, 3.05) is 18.4 Å². The van der Waals surface area contributed by atoms with Crippen LogP contribution in [0.3, 0.4) is 0 Å². The molecule has 2 aromatic heterocycles. The van der Waals surface area contributed by atoms with Gasteiger partial charge in [-0.15, -0.1) is 0 Å². The Bertz CT molecular complexity index is 898. The number of carbonyl (C=O) groups is 1. The minimum atomic E-state index is -0.147. The Kier molecular flexibility index (Phi) is 5.34. The number of aromatic amines is 1. The van der Waals surface area contributed by atoms with Gasteiger partial charge in [-0.1, -0.05) is 0 Å². The zero-order valence-electron chi connectivity index (χ0n) is 16.7. The first-order chi connectivity index (χ1) is 12.8. The van der Waals surface area contributed by atoms with E-state index in [0.29, 0.717) is 18.9 Å². The van der Waals surface area contributed by atoms with Crippen molar-refractivity contribution in [3.63, 3.8) is 0 Å². The van der Waals surface area contributed by atoms with Crippen molar-refractivity contribution >= 4 is 11.7 Å². The number of aryl methyl sites for hydroxylation is 2. The van der Waals surface area contributed by atoms with Crippen LogP contribution in [0, 0.1) is 20.8 Å². The molecule has 8 nitrogen and oxygen atoms in total. The number of rotatable bonds is 3. The van der Waals surface area contributed by atoms with Crippen LogP contribution >= 0.6 is 0 Å². The summed E-state index contributed by atoms with van der Waals surface area (Å²) in [5.74, 6) is 0.678. The first kappa shape index (κ1) is 19.1. The van der Waals surface area contributed by atoms with E-state index < -0.39 is 0 Å². The zero-order chi connectivity index (χ0) is 19.7. The fraction of sp³-hybridized carbons (Fsp3) is 0.579. The van der Waals surface area contributed by atoms with Gasteiger partial charge < -0.3 is 15.2 Å². The molecule has 1 aliphatic heterocycles. The predicted octanol–water partition coefficient (Wildman–Crippen LogP) is 2.88. The number of nitrogens with zero attached hydrogens (tertiary/aromatic N) is 4. The lowest BCUT2D eigenvalue weighted by atomic mass is 9.94. The normalized spacial score (nSPS) is 17.4. The molecule has 2 aromatic rings. The Morgan fingerprint density at radius 2 is 2.07 bits per heavy atom. The number of H-pyrrole nitrogens is 1. The van der Waals surface area contributed by atoms with Crippen molar-refractivity contribution in [3.8, 4) is 0 Å². The topological polar surface area (TPSA) is 95.9 Å². The van der Waals surface area contributed by atoms with E-state index in [1.165, 1.54) is 0 Å². The molecule has 146 valence electrons. The lowest BCUT2D eigenvalue weighted by molar-refractivity contribution is 0.192. The molecule has 0 spiro atoms. The van der Waals surface area contributed by atoms with E-state index in [9.17, 15) is 9.59 Å². The van der Waals surface area contributed by atoms with Crippen LogP contribution in [-0.4, -0.2) is 43.8 Å². The largest absolute Gasteiger partial charge is 0.324 e. The number of amides is 2. The molecule has 0 radical (unpaired) electrons. The second-order valence-electron chi connectivity index (χ2n) is 7.56. The van der Waals surface area contributed by atoms with Gasteiger partial charge in [0.25, 0.3) is 5.56 Å². The second-order valence-corrected chi connectivity index (χ2v) is 7.56. The number of anilines is 1. The molecule has 0 bridgehead atoms. The van der Waals surface area contributed by atoms with Gasteiger partial charge in [0.1, 0.15) is 5.82 Å². The highest BCUT2D eigenvalue weighted by Crippen LogP contribution is 2.27.